The number of likely N-dealkylation sites (tertiary alicyclic amines) is 1. The van der Waals surface area contributed by atoms with Gasteiger partial charge in [-0.1, -0.05) is 28.1 Å². The Morgan fingerprint density at radius 1 is 1.16 bits per heavy atom. The van der Waals surface area contributed by atoms with Gasteiger partial charge in [0.2, 0.25) is 0 Å². The average molecular weight is 324 g/mol. The van der Waals surface area contributed by atoms with Crippen LogP contribution in [-0.4, -0.2) is 37.2 Å². The van der Waals surface area contributed by atoms with Gasteiger partial charge in [-0.25, -0.2) is 0 Å². The van der Waals surface area contributed by atoms with Gasteiger partial charge in [0, 0.05) is 24.2 Å². The Balaban J connectivity index is 1.59. The molecule has 2 atom stereocenters. The lowest BCUT2D eigenvalue weighted by Crippen LogP contribution is -2.39. The first-order valence-corrected chi connectivity index (χ1v) is 8.20. The summed E-state index contributed by atoms with van der Waals surface area (Å²) in [6.45, 7) is 4.54. The van der Waals surface area contributed by atoms with Crippen molar-refractivity contribution in [1.29, 1.82) is 0 Å². The molecule has 2 nitrogen and oxygen atoms in total. The molecule has 0 aliphatic carbocycles. The summed E-state index contributed by atoms with van der Waals surface area (Å²) in [5.74, 6) is 0.697. The number of hydrogen-bond acceptors (Lipinski definition) is 2. The number of ether oxygens (including phenoxy) is 1. The second kappa shape index (κ2) is 6.38. The highest BCUT2D eigenvalue weighted by Gasteiger charge is 2.25. The van der Waals surface area contributed by atoms with Gasteiger partial charge < -0.3 is 9.64 Å². The van der Waals surface area contributed by atoms with Crippen LogP contribution in [0.5, 0.6) is 0 Å². The number of nitrogens with zero attached hydrogens (tertiary/aromatic N) is 1. The molecule has 2 saturated heterocycles. The summed E-state index contributed by atoms with van der Waals surface area (Å²) in [5, 5.41) is 0. The summed E-state index contributed by atoms with van der Waals surface area (Å²) in [6.07, 6.45) is 5.62. The third kappa shape index (κ3) is 3.59. The van der Waals surface area contributed by atoms with Crippen LogP contribution < -0.4 is 0 Å². The van der Waals surface area contributed by atoms with Crippen molar-refractivity contribution < 1.29 is 4.74 Å². The minimum absolute atomic E-state index is 0.490. The summed E-state index contributed by atoms with van der Waals surface area (Å²) in [7, 11) is 0. The van der Waals surface area contributed by atoms with E-state index in [0.29, 0.717) is 12.0 Å². The van der Waals surface area contributed by atoms with E-state index < -0.39 is 0 Å². The molecule has 2 heterocycles. The molecule has 1 aromatic rings. The highest BCUT2D eigenvalue weighted by molar-refractivity contribution is 9.10. The van der Waals surface area contributed by atoms with Crippen molar-refractivity contribution >= 4 is 15.9 Å². The third-order valence-corrected chi connectivity index (χ3v) is 4.86. The van der Waals surface area contributed by atoms with E-state index in [1.807, 2.05) is 0 Å². The van der Waals surface area contributed by atoms with Crippen LogP contribution in [0.4, 0.5) is 0 Å². The van der Waals surface area contributed by atoms with Crippen molar-refractivity contribution in [3.63, 3.8) is 0 Å². The Morgan fingerprint density at radius 3 is 2.74 bits per heavy atom. The maximum absolute atomic E-state index is 5.76. The van der Waals surface area contributed by atoms with Crippen LogP contribution in [0.2, 0.25) is 0 Å². The summed E-state index contributed by atoms with van der Waals surface area (Å²) in [4.78, 5) is 2.60. The second-order valence-electron chi connectivity index (χ2n) is 5.79. The normalized spacial score (nSPS) is 28.7. The monoisotopic (exact) mass is 323 g/mol. The number of piperidine rings is 1. The van der Waals surface area contributed by atoms with Crippen LogP contribution in [-0.2, 0) is 4.74 Å². The molecular weight excluding hydrogens is 302 g/mol. The van der Waals surface area contributed by atoms with Gasteiger partial charge in [-0.05, 0) is 55.8 Å². The minimum Gasteiger partial charge on any atom is -0.377 e. The molecule has 1 aromatic carbocycles. The molecule has 0 radical (unpaired) electrons. The molecule has 2 aliphatic rings. The SMILES string of the molecule is Brc1ccc(C2CCCN(CC3CCCO3)C2)cc1. The fourth-order valence-corrected chi connectivity index (χ4v) is 3.57. The van der Waals surface area contributed by atoms with Gasteiger partial charge in [0.05, 0.1) is 6.10 Å². The summed E-state index contributed by atoms with van der Waals surface area (Å²) >= 11 is 3.51. The second-order valence-corrected chi connectivity index (χ2v) is 6.70. The highest BCUT2D eigenvalue weighted by Crippen LogP contribution is 2.28. The van der Waals surface area contributed by atoms with Crippen molar-refractivity contribution in [1.82, 2.24) is 4.90 Å². The smallest absolute Gasteiger partial charge is 0.0702 e. The molecule has 0 amide bonds. The van der Waals surface area contributed by atoms with E-state index in [1.165, 1.54) is 48.8 Å². The van der Waals surface area contributed by atoms with Gasteiger partial charge in [0.25, 0.3) is 0 Å². The van der Waals surface area contributed by atoms with Crippen LogP contribution in [0.3, 0.4) is 0 Å². The summed E-state index contributed by atoms with van der Waals surface area (Å²) in [6, 6.07) is 8.86. The van der Waals surface area contributed by atoms with Gasteiger partial charge in [0.1, 0.15) is 0 Å². The molecule has 2 unspecified atom stereocenters. The molecule has 0 N–H and O–H groups in total. The van der Waals surface area contributed by atoms with Crippen molar-refractivity contribution in [3.8, 4) is 0 Å². The third-order valence-electron chi connectivity index (χ3n) is 4.33. The Morgan fingerprint density at radius 2 is 2.00 bits per heavy atom. The molecule has 3 heteroatoms. The zero-order chi connectivity index (χ0) is 13.1. The van der Waals surface area contributed by atoms with E-state index in [0.717, 1.165) is 13.2 Å². The van der Waals surface area contributed by atoms with Gasteiger partial charge >= 0.3 is 0 Å². The van der Waals surface area contributed by atoms with E-state index >= 15 is 0 Å². The first-order chi connectivity index (χ1) is 9.31. The Kier molecular flexibility index (Phi) is 4.57. The number of benzene rings is 1. The van der Waals surface area contributed by atoms with Gasteiger partial charge in [-0.15, -0.1) is 0 Å². The van der Waals surface area contributed by atoms with Gasteiger partial charge in [-0.3, -0.25) is 0 Å². The number of rotatable bonds is 3. The first-order valence-electron chi connectivity index (χ1n) is 7.41. The van der Waals surface area contributed by atoms with Gasteiger partial charge in [0.15, 0.2) is 0 Å². The number of hydrogen-bond donors (Lipinski definition) is 0. The molecular formula is C16H22BrNO. The molecule has 2 fully saturated rings. The van der Waals surface area contributed by atoms with Crippen LogP contribution in [0.25, 0.3) is 0 Å². The van der Waals surface area contributed by atoms with Crippen molar-refractivity contribution in [2.75, 3.05) is 26.2 Å². The molecule has 0 aromatic heterocycles. The van der Waals surface area contributed by atoms with Crippen molar-refractivity contribution in [2.24, 2.45) is 0 Å². The van der Waals surface area contributed by atoms with Gasteiger partial charge in [-0.2, -0.15) is 0 Å². The molecule has 0 spiro atoms. The zero-order valence-electron chi connectivity index (χ0n) is 11.4. The summed E-state index contributed by atoms with van der Waals surface area (Å²) in [5.41, 5.74) is 1.49. The Hall–Kier alpha value is -0.380. The van der Waals surface area contributed by atoms with Crippen LogP contribution in [0.15, 0.2) is 28.7 Å². The van der Waals surface area contributed by atoms with E-state index in [2.05, 4.69) is 45.1 Å². The van der Waals surface area contributed by atoms with E-state index in [4.69, 9.17) is 4.74 Å². The first kappa shape index (κ1) is 13.6. The maximum atomic E-state index is 5.76. The van der Waals surface area contributed by atoms with Crippen LogP contribution in [0.1, 0.15) is 37.2 Å². The molecule has 104 valence electrons. The lowest BCUT2D eigenvalue weighted by Gasteiger charge is -2.34. The molecule has 19 heavy (non-hydrogen) atoms. The molecule has 0 saturated carbocycles. The predicted molar refractivity (Wildman–Crippen MR) is 81.5 cm³/mol. The van der Waals surface area contributed by atoms with E-state index in [9.17, 15) is 0 Å². The topological polar surface area (TPSA) is 12.5 Å². The fraction of sp³-hybridized carbons (Fsp3) is 0.625. The van der Waals surface area contributed by atoms with Crippen LogP contribution in [0, 0.1) is 0 Å². The Labute approximate surface area is 124 Å². The standard InChI is InChI=1S/C16H22BrNO/c17-15-7-5-13(6-8-15)14-3-1-9-18(11-14)12-16-4-2-10-19-16/h5-8,14,16H,1-4,9-12H2. The largest absolute Gasteiger partial charge is 0.377 e. The Bertz CT molecular complexity index is 400. The lowest BCUT2D eigenvalue weighted by atomic mass is 9.90. The van der Waals surface area contributed by atoms with Crippen molar-refractivity contribution in [3.05, 3.63) is 34.3 Å². The van der Waals surface area contributed by atoms with Crippen LogP contribution >= 0.6 is 15.9 Å². The van der Waals surface area contributed by atoms with E-state index in [1.54, 1.807) is 0 Å². The molecule has 2 aliphatic heterocycles. The fourth-order valence-electron chi connectivity index (χ4n) is 3.30. The highest BCUT2D eigenvalue weighted by atomic mass is 79.9. The zero-order valence-corrected chi connectivity index (χ0v) is 12.9. The lowest BCUT2D eigenvalue weighted by molar-refractivity contribution is 0.0632. The minimum atomic E-state index is 0.490. The number of halogens is 1. The quantitative estimate of drug-likeness (QED) is 0.838. The predicted octanol–water partition coefficient (Wildman–Crippen LogP) is 3.81. The van der Waals surface area contributed by atoms with E-state index in [-0.39, 0.29) is 0 Å². The summed E-state index contributed by atoms with van der Waals surface area (Å²) < 4.78 is 6.93. The maximum Gasteiger partial charge on any atom is 0.0702 e. The molecule has 3 rings (SSSR count). The average Bonchev–Trinajstić information content (AvgIpc) is 2.93. The van der Waals surface area contributed by atoms with Crippen molar-refractivity contribution in [2.45, 2.75) is 37.7 Å². The molecule has 0 bridgehead atoms.